The highest BCUT2D eigenvalue weighted by Gasteiger charge is 2.25. The molecule has 134 valence electrons. The second kappa shape index (κ2) is 8.02. The number of methoxy groups -OCH3 is 2. The van der Waals surface area contributed by atoms with Gasteiger partial charge in [0.25, 0.3) is 5.91 Å². The molecule has 0 aliphatic carbocycles. The summed E-state index contributed by atoms with van der Waals surface area (Å²) in [6, 6.07) is 9.11. The Morgan fingerprint density at radius 1 is 1.32 bits per heavy atom. The van der Waals surface area contributed by atoms with Gasteiger partial charge in [0.1, 0.15) is 18.1 Å². The van der Waals surface area contributed by atoms with Crippen molar-refractivity contribution < 1.29 is 19.0 Å². The Labute approximate surface area is 146 Å². The number of likely N-dealkylation sites (tertiary alicyclic amines) is 1. The van der Waals surface area contributed by atoms with Crippen molar-refractivity contribution >= 4 is 5.91 Å². The largest absolute Gasteiger partial charge is 0.497 e. The van der Waals surface area contributed by atoms with Gasteiger partial charge in [0.2, 0.25) is 0 Å². The predicted molar refractivity (Wildman–Crippen MR) is 91.8 cm³/mol. The first-order valence-electron chi connectivity index (χ1n) is 8.33. The smallest absolute Gasteiger partial charge is 0.274 e. The molecule has 7 nitrogen and oxygen atoms in total. The van der Waals surface area contributed by atoms with Crippen LogP contribution in [0.1, 0.15) is 29.0 Å². The third-order valence-electron chi connectivity index (χ3n) is 4.28. The van der Waals surface area contributed by atoms with Gasteiger partial charge in [0.05, 0.1) is 18.9 Å². The fourth-order valence-corrected chi connectivity index (χ4v) is 2.87. The summed E-state index contributed by atoms with van der Waals surface area (Å²) in [7, 11) is 3.29. The Kier molecular flexibility index (Phi) is 5.55. The van der Waals surface area contributed by atoms with Gasteiger partial charge >= 0.3 is 0 Å². The number of hydrogen-bond donors (Lipinski definition) is 1. The number of carbonyl (C=O) groups excluding carboxylic acids is 1. The van der Waals surface area contributed by atoms with Gasteiger partial charge in [-0.25, -0.2) is 0 Å². The molecule has 0 saturated carbocycles. The number of ether oxygens (including phenoxy) is 3. The number of nitrogens with one attached hydrogen (secondary N) is 1. The molecular weight excluding hydrogens is 322 g/mol. The molecule has 1 amide bonds. The van der Waals surface area contributed by atoms with Crippen molar-refractivity contribution in [2.24, 2.45) is 0 Å². The average Bonchev–Trinajstić information content (AvgIpc) is 3.15. The Morgan fingerprint density at radius 3 is 2.96 bits per heavy atom. The summed E-state index contributed by atoms with van der Waals surface area (Å²) in [5.41, 5.74) is 1.15. The molecule has 1 aromatic carbocycles. The maximum atomic E-state index is 12.6. The third-order valence-corrected chi connectivity index (χ3v) is 4.28. The van der Waals surface area contributed by atoms with E-state index in [1.807, 2.05) is 18.2 Å². The molecule has 1 fully saturated rings. The van der Waals surface area contributed by atoms with Crippen molar-refractivity contribution in [3.63, 3.8) is 0 Å². The molecule has 0 radical (unpaired) electrons. The molecule has 1 atom stereocenters. The molecule has 0 bridgehead atoms. The number of piperidine rings is 1. The molecule has 1 aliphatic rings. The molecule has 1 aromatic heterocycles. The van der Waals surface area contributed by atoms with Gasteiger partial charge in [-0.3, -0.25) is 9.89 Å². The summed E-state index contributed by atoms with van der Waals surface area (Å²) < 4.78 is 16.2. The van der Waals surface area contributed by atoms with Gasteiger partial charge in [0.15, 0.2) is 5.69 Å². The predicted octanol–water partition coefficient (Wildman–Crippen LogP) is 2.25. The van der Waals surface area contributed by atoms with Crippen molar-refractivity contribution in [2.45, 2.75) is 25.6 Å². The number of H-pyrrole nitrogens is 1. The standard InChI is InChI=1S/C18H23N3O4/c1-23-14-5-3-6-15(10-14)25-12-13-9-17(20-19-13)18(22)21-8-4-7-16(11-21)24-2/h3,5-6,9-10,16H,4,7-8,11-12H2,1-2H3,(H,19,20)/t16-/m0/s1. The van der Waals surface area contributed by atoms with Crippen LogP contribution in [0.5, 0.6) is 11.5 Å². The number of benzene rings is 1. The summed E-state index contributed by atoms with van der Waals surface area (Å²) in [6.07, 6.45) is 2.04. The van der Waals surface area contributed by atoms with Crippen LogP contribution < -0.4 is 9.47 Å². The highest BCUT2D eigenvalue weighted by Crippen LogP contribution is 2.20. The van der Waals surface area contributed by atoms with Gasteiger partial charge in [-0.15, -0.1) is 0 Å². The first kappa shape index (κ1) is 17.3. The molecular formula is C18H23N3O4. The zero-order chi connectivity index (χ0) is 17.6. The number of hydrogen-bond acceptors (Lipinski definition) is 5. The summed E-state index contributed by atoms with van der Waals surface area (Å²) in [4.78, 5) is 14.4. The van der Waals surface area contributed by atoms with Crippen LogP contribution >= 0.6 is 0 Å². The molecule has 3 rings (SSSR count). The van der Waals surface area contributed by atoms with E-state index in [-0.39, 0.29) is 12.0 Å². The van der Waals surface area contributed by atoms with Crippen LogP contribution in [0.3, 0.4) is 0 Å². The van der Waals surface area contributed by atoms with Crippen molar-refractivity contribution in [3.05, 3.63) is 41.7 Å². The van der Waals surface area contributed by atoms with Gasteiger partial charge in [-0.05, 0) is 31.0 Å². The third kappa shape index (κ3) is 4.30. The monoisotopic (exact) mass is 345 g/mol. The summed E-state index contributed by atoms with van der Waals surface area (Å²) in [6.45, 7) is 1.65. The average molecular weight is 345 g/mol. The van der Waals surface area contributed by atoms with Crippen molar-refractivity contribution in [2.75, 3.05) is 27.3 Å². The van der Waals surface area contributed by atoms with E-state index < -0.39 is 0 Å². The first-order valence-corrected chi connectivity index (χ1v) is 8.33. The van der Waals surface area contributed by atoms with Crippen LogP contribution in [0, 0.1) is 0 Å². The quantitative estimate of drug-likeness (QED) is 0.869. The number of aromatic nitrogens is 2. The van der Waals surface area contributed by atoms with Crippen molar-refractivity contribution in [1.29, 1.82) is 0 Å². The SMILES string of the molecule is COc1cccc(OCc2cc(C(=O)N3CCC[C@H](OC)C3)n[nH]2)c1. The minimum Gasteiger partial charge on any atom is -0.497 e. The Bertz CT molecular complexity index is 716. The maximum Gasteiger partial charge on any atom is 0.274 e. The zero-order valence-corrected chi connectivity index (χ0v) is 14.5. The molecule has 25 heavy (non-hydrogen) atoms. The van der Waals surface area contributed by atoms with Crippen LogP contribution in [0.2, 0.25) is 0 Å². The van der Waals surface area contributed by atoms with Crippen LogP contribution in [-0.4, -0.2) is 54.4 Å². The Balaban J connectivity index is 1.59. The van der Waals surface area contributed by atoms with E-state index >= 15 is 0 Å². The maximum absolute atomic E-state index is 12.6. The highest BCUT2D eigenvalue weighted by atomic mass is 16.5. The summed E-state index contributed by atoms with van der Waals surface area (Å²) in [5.74, 6) is 1.35. The van der Waals surface area contributed by atoms with E-state index in [1.54, 1.807) is 31.3 Å². The first-order chi connectivity index (χ1) is 12.2. The number of nitrogens with zero attached hydrogens (tertiary/aromatic N) is 2. The lowest BCUT2D eigenvalue weighted by molar-refractivity contribution is 0.0265. The Morgan fingerprint density at radius 2 is 2.16 bits per heavy atom. The van der Waals surface area contributed by atoms with Crippen LogP contribution in [0.25, 0.3) is 0 Å². The van der Waals surface area contributed by atoms with Crippen LogP contribution in [0.15, 0.2) is 30.3 Å². The van der Waals surface area contributed by atoms with Crippen molar-refractivity contribution in [3.8, 4) is 11.5 Å². The van der Waals surface area contributed by atoms with E-state index in [2.05, 4.69) is 10.2 Å². The van der Waals surface area contributed by atoms with E-state index in [9.17, 15) is 4.79 Å². The lowest BCUT2D eigenvalue weighted by atomic mass is 10.1. The molecule has 1 saturated heterocycles. The molecule has 2 heterocycles. The topological polar surface area (TPSA) is 76.7 Å². The minimum absolute atomic E-state index is 0.0781. The van der Waals surface area contributed by atoms with Gasteiger partial charge < -0.3 is 19.1 Å². The fraction of sp³-hybridized carbons (Fsp3) is 0.444. The summed E-state index contributed by atoms with van der Waals surface area (Å²) >= 11 is 0. The second-order valence-electron chi connectivity index (χ2n) is 6.00. The van der Waals surface area contributed by atoms with Crippen LogP contribution in [0.4, 0.5) is 0 Å². The molecule has 7 heteroatoms. The normalized spacial score (nSPS) is 17.4. The minimum atomic E-state index is -0.0781. The zero-order valence-electron chi connectivity index (χ0n) is 14.5. The number of carbonyl (C=O) groups is 1. The van der Waals surface area contributed by atoms with Gasteiger partial charge in [-0.2, -0.15) is 5.10 Å². The number of amides is 1. The highest BCUT2D eigenvalue weighted by molar-refractivity contribution is 5.92. The van der Waals surface area contributed by atoms with Gasteiger partial charge in [0, 0.05) is 26.3 Å². The van der Waals surface area contributed by atoms with Crippen LogP contribution in [-0.2, 0) is 11.3 Å². The lowest BCUT2D eigenvalue weighted by Crippen LogP contribution is -2.43. The van der Waals surface area contributed by atoms with E-state index in [0.717, 1.165) is 30.8 Å². The molecule has 2 aromatic rings. The molecule has 0 spiro atoms. The van der Waals surface area contributed by atoms with Crippen molar-refractivity contribution in [1.82, 2.24) is 15.1 Å². The van der Waals surface area contributed by atoms with Gasteiger partial charge in [-0.1, -0.05) is 6.07 Å². The molecule has 1 N–H and O–H groups in total. The molecule has 1 aliphatic heterocycles. The van der Waals surface area contributed by atoms with E-state index in [1.165, 1.54) is 0 Å². The lowest BCUT2D eigenvalue weighted by Gasteiger charge is -2.31. The Hall–Kier alpha value is -2.54. The number of rotatable bonds is 6. The number of aromatic amines is 1. The fourth-order valence-electron chi connectivity index (χ4n) is 2.87. The molecule has 0 unspecified atom stereocenters. The van der Waals surface area contributed by atoms with E-state index in [4.69, 9.17) is 14.2 Å². The van der Waals surface area contributed by atoms with E-state index in [0.29, 0.717) is 24.6 Å². The summed E-state index contributed by atoms with van der Waals surface area (Å²) in [5, 5.41) is 6.99. The second-order valence-corrected chi connectivity index (χ2v) is 6.00.